The lowest BCUT2D eigenvalue weighted by Crippen LogP contribution is -2.11. The summed E-state index contributed by atoms with van der Waals surface area (Å²) in [5.41, 5.74) is 7.22. The van der Waals surface area contributed by atoms with Crippen molar-refractivity contribution >= 4 is 17.5 Å². The Balaban J connectivity index is 1.99. The molecule has 0 aromatic carbocycles. The molecule has 2 aromatic rings. The Hall–Kier alpha value is -2.63. The van der Waals surface area contributed by atoms with E-state index in [1.807, 2.05) is 12.1 Å². The van der Waals surface area contributed by atoms with Crippen LogP contribution in [0.1, 0.15) is 16.1 Å². The molecule has 0 saturated carbocycles. The minimum Gasteiger partial charge on any atom is -0.477 e. The number of hydrogen-bond donors (Lipinski definition) is 3. The number of carboxylic acid groups (broad SMARTS) is 1. The van der Waals surface area contributed by atoms with E-state index in [0.717, 1.165) is 12.0 Å². The fourth-order valence-electron chi connectivity index (χ4n) is 1.60. The van der Waals surface area contributed by atoms with Crippen LogP contribution in [0.4, 0.5) is 11.5 Å². The maximum absolute atomic E-state index is 10.8. The van der Waals surface area contributed by atoms with Gasteiger partial charge in [0.1, 0.15) is 5.82 Å². The van der Waals surface area contributed by atoms with Gasteiger partial charge in [-0.1, -0.05) is 6.07 Å². The van der Waals surface area contributed by atoms with E-state index in [0.29, 0.717) is 18.1 Å². The van der Waals surface area contributed by atoms with Gasteiger partial charge in [-0.15, -0.1) is 0 Å². The fourth-order valence-corrected chi connectivity index (χ4v) is 1.60. The third kappa shape index (κ3) is 3.41. The molecule has 2 rings (SSSR count). The summed E-state index contributed by atoms with van der Waals surface area (Å²) in [5.74, 6) is -0.681. The van der Waals surface area contributed by atoms with Crippen LogP contribution in [0.15, 0.2) is 36.7 Å². The molecule has 0 bridgehead atoms. The average molecular weight is 258 g/mol. The van der Waals surface area contributed by atoms with Crippen LogP contribution in [0, 0.1) is 0 Å². The second-order valence-corrected chi connectivity index (χ2v) is 3.98. The maximum Gasteiger partial charge on any atom is 0.354 e. The highest BCUT2D eigenvalue weighted by atomic mass is 16.4. The molecule has 2 aromatic heterocycles. The molecule has 0 aliphatic heterocycles. The van der Waals surface area contributed by atoms with Gasteiger partial charge in [0.15, 0.2) is 5.69 Å². The van der Waals surface area contributed by atoms with E-state index < -0.39 is 5.97 Å². The minimum atomic E-state index is -1.07. The zero-order valence-corrected chi connectivity index (χ0v) is 10.2. The van der Waals surface area contributed by atoms with E-state index >= 15 is 0 Å². The third-order valence-electron chi connectivity index (χ3n) is 2.57. The molecule has 6 heteroatoms. The number of hydrogen-bond acceptors (Lipinski definition) is 5. The summed E-state index contributed by atoms with van der Waals surface area (Å²) in [7, 11) is 0. The Labute approximate surface area is 110 Å². The SMILES string of the molecule is Nc1ccc(C(=O)O)nc1NCCc1cccnc1. The first-order valence-electron chi connectivity index (χ1n) is 5.79. The normalized spacial score (nSPS) is 10.1. The van der Waals surface area contributed by atoms with E-state index in [1.54, 1.807) is 12.4 Å². The molecule has 4 N–H and O–H groups in total. The van der Waals surface area contributed by atoms with E-state index in [-0.39, 0.29) is 5.69 Å². The number of pyridine rings is 2. The van der Waals surface area contributed by atoms with Gasteiger partial charge < -0.3 is 16.2 Å². The topological polar surface area (TPSA) is 101 Å². The lowest BCUT2D eigenvalue weighted by atomic mass is 10.2. The van der Waals surface area contributed by atoms with Crippen molar-refractivity contribution in [3.8, 4) is 0 Å². The highest BCUT2D eigenvalue weighted by Crippen LogP contribution is 2.15. The predicted molar refractivity (Wildman–Crippen MR) is 72.0 cm³/mol. The number of nitrogens with one attached hydrogen (secondary N) is 1. The van der Waals surface area contributed by atoms with Gasteiger partial charge >= 0.3 is 5.97 Å². The number of aromatic carboxylic acids is 1. The van der Waals surface area contributed by atoms with E-state index in [1.165, 1.54) is 12.1 Å². The molecule has 0 aliphatic carbocycles. The number of carbonyl (C=O) groups is 1. The Morgan fingerprint density at radius 2 is 2.21 bits per heavy atom. The van der Waals surface area contributed by atoms with Crippen LogP contribution in [0.5, 0.6) is 0 Å². The van der Waals surface area contributed by atoms with Gasteiger partial charge in [-0.05, 0) is 30.2 Å². The summed E-state index contributed by atoms with van der Waals surface area (Å²) >= 11 is 0. The first-order chi connectivity index (χ1) is 9.16. The molecule has 0 saturated heterocycles. The van der Waals surface area contributed by atoms with Crippen molar-refractivity contribution in [3.63, 3.8) is 0 Å². The second kappa shape index (κ2) is 5.81. The Morgan fingerprint density at radius 3 is 2.89 bits per heavy atom. The predicted octanol–water partition coefficient (Wildman–Crippen LogP) is 1.41. The number of carboxylic acids is 1. The molecule has 0 aliphatic rings. The molecular weight excluding hydrogens is 244 g/mol. The Bertz CT molecular complexity index is 572. The minimum absolute atomic E-state index is 0.0296. The van der Waals surface area contributed by atoms with Crippen molar-refractivity contribution in [2.75, 3.05) is 17.6 Å². The summed E-state index contributed by atoms with van der Waals surface area (Å²) < 4.78 is 0. The van der Waals surface area contributed by atoms with Gasteiger partial charge in [0.05, 0.1) is 5.69 Å². The standard InChI is InChI=1S/C13H14N4O2/c14-10-3-4-11(13(18)19)17-12(10)16-7-5-9-2-1-6-15-8-9/h1-4,6,8H,5,7,14H2,(H,16,17)(H,18,19). The molecule has 0 atom stereocenters. The number of nitrogen functional groups attached to an aromatic ring is 1. The van der Waals surface area contributed by atoms with Gasteiger partial charge in [0.25, 0.3) is 0 Å². The van der Waals surface area contributed by atoms with Crippen molar-refractivity contribution in [1.29, 1.82) is 0 Å². The van der Waals surface area contributed by atoms with Crippen molar-refractivity contribution in [2.24, 2.45) is 0 Å². The zero-order valence-electron chi connectivity index (χ0n) is 10.2. The molecule has 0 spiro atoms. The van der Waals surface area contributed by atoms with Crippen molar-refractivity contribution < 1.29 is 9.90 Å². The lowest BCUT2D eigenvalue weighted by Gasteiger charge is -2.08. The molecule has 0 fully saturated rings. The number of nitrogens with zero attached hydrogens (tertiary/aromatic N) is 2. The fraction of sp³-hybridized carbons (Fsp3) is 0.154. The molecule has 0 unspecified atom stereocenters. The molecule has 0 radical (unpaired) electrons. The van der Waals surface area contributed by atoms with Gasteiger partial charge in [-0.3, -0.25) is 4.98 Å². The molecule has 2 heterocycles. The van der Waals surface area contributed by atoms with Crippen molar-refractivity contribution in [2.45, 2.75) is 6.42 Å². The lowest BCUT2D eigenvalue weighted by molar-refractivity contribution is 0.0690. The summed E-state index contributed by atoms with van der Waals surface area (Å²) in [6, 6.07) is 6.75. The quantitative estimate of drug-likeness (QED) is 0.749. The molecule has 98 valence electrons. The summed E-state index contributed by atoms with van der Waals surface area (Å²) in [5, 5.41) is 11.9. The number of nitrogens with two attached hydrogens (primary N) is 1. The number of anilines is 2. The summed E-state index contributed by atoms with van der Waals surface area (Å²) in [6.45, 7) is 0.603. The highest BCUT2D eigenvalue weighted by Gasteiger charge is 2.08. The Kier molecular flexibility index (Phi) is 3.92. The van der Waals surface area contributed by atoms with E-state index in [4.69, 9.17) is 10.8 Å². The van der Waals surface area contributed by atoms with Crippen LogP contribution >= 0.6 is 0 Å². The van der Waals surface area contributed by atoms with Gasteiger partial charge in [-0.2, -0.15) is 0 Å². The van der Waals surface area contributed by atoms with Crippen LogP contribution < -0.4 is 11.1 Å². The average Bonchev–Trinajstić information content (AvgIpc) is 2.42. The van der Waals surface area contributed by atoms with Crippen molar-refractivity contribution in [3.05, 3.63) is 47.9 Å². The number of aromatic nitrogens is 2. The van der Waals surface area contributed by atoms with Crippen LogP contribution in [0.2, 0.25) is 0 Å². The zero-order chi connectivity index (χ0) is 13.7. The van der Waals surface area contributed by atoms with Crippen LogP contribution in [-0.4, -0.2) is 27.6 Å². The van der Waals surface area contributed by atoms with E-state index in [9.17, 15) is 4.79 Å². The first kappa shape index (κ1) is 12.8. The summed E-state index contributed by atoms with van der Waals surface area (Å²) in [4.78, 5) is 18.8. The third-order valence-corrected chi connectivity index (χ3v) is 2.57. The van der Waals surface area contributed by atoms with Crippen LogP contribution in [0.25, 0.3) is 0 Å². The monoisotopic (exact) mass is 258 g/mol. The molecule has 0 amide bonds. The Morgan fingerprint density at radius 1 is 1.37 bits per heavy atom. The van der Waals surface area contributed by atoms with E-state index in [2.05, 4.69) is 15.3 Å². The van der Waals surface area contributed by atoms with Crippen LogP contribution in [0.3, 0.4) is 0 Å². The largest absolute Gasteiger partial charge is 0.477 e. The molecular formula is C13H14N4O2. The highest BCUT2D eigenvalue weighted by molar-refractivity contribution is 5.86. The smallest absolute Gasteiger partial charge is 0.354 e. The van der Waals surface area contributed by atoms with Crippen molar-refractivity contribution in [1.82, 2.24) is 9.97 Å². The molecule has 6 nitrogen and oxygen atoms in total. The summed E-state index contributed by atoms with van der Waals surface area (Å²) in [6.07, 6.45) is 4.26. The second-order valence-electron chi connectivity index (χ2n) is 3.98. The van der Waals surface area contributed by atoms with Gasteiger partial charge in [-0.25, -0.2) is 9.78 Å². The van der Waals surface area contributed by atoms with Crippen LogP contribution in [-0.2, 0) is 6.42 Å². The molecule has 19 heavy (non-hydrogen) atoms. The van der Waals surface area contributed by atoms with Gasteiger partial charge in [0, 0.05) is 18.9 Å². The first-order valence-corrected chi connectivity index (χ1v) is 5.79. The maximum atomic E-state index is 10.8. The van der Waals surface area contributed by atoms with Gasteiger partial charge in [0.2, 0.25) is 0 Å². The number of rotatable bonds is 5.